The van der Waals surface area contributed by atoms with E-state index in [1.165, 1.54) is 0 Å². The highest BCUT2D eigenvalue weighted by Gasteiger charge is 2.15. The molecule has 0 aliphatic rings. The van der Waals surface area contributed by atoms with Crippen LogP contribution in [0.1, 0.15) is 18.1 Å². The second-order valence-electron chi connectivity index (χ2n) is 6.83. The highest BCUT2D eigenvalue weighted by atomic mass is 16.3. The zero-order valence-electron chi connectivity index (χ0n) is 16.1. The van der Waals surface area contributed by atoms with Crippen LogP contribution >= 0.6 is 0 Å². The molecule has 4 aromatic rings. The zero-order chi connectivity index (χ0) is 19.5. The molecule has 0 bridgehead atoms. The zero-order valence-corrected chi connectivity index (χ0v) is 16.1. The molecular weight excluding hydrogens is 350 g/mol. The van der Waals surface area contributed by atoms with Crippen molar-refractivity contribution >= 4 is 0 Å². The van der Waals surface area contributed by atoms with E-state index in [-0.39, 0.29) is 5.75 Å². The van der Waals surface area contributed by atoms with Crippen LogP contribution in [-0.2, 0) is 13.1 Å². The Hall–Kier alpha value is -3.41. The van der Waals surface area contributed by atoms with E-state index in [2.05, 4.69) is 31.8 Å². The van der Waals surface area contributed by atoms with Gasteiger partial charge in [0.25, 0.3) is 0 Å². The number of benzene rings is 2. The first kappa shape index (κ1) is 18.0. The Morgan fingerprint density at radius 1 is 0.929 bits per heavy atom. The number of aryl methyl sites for hydroxylation is 4. The molecule has 1 N–H and O–H groups in total. The second kappa shape index (κ2) is 7.68. The first-order chi connectivity index (χ1) is 13.6. The largest absolute Gasteiger partial charge is 0.508 e. The lowest BCUT2D eigenvalue weighted by atomic mass is 10.0. The van der Waals surface area contributed by atoms with Crippen LogP contribution in [-0.4, -0.2) is 29.4 Å². The quantitative estimate of drug-likeness (QED) is 0.549. The third-order valence-electron chi connectivity index (χ3n) is 4.74. The van der Waals surface area contributed by atoms with Gasteiger partial charge >= 0.3 is 0 Å². The number of phenols is 1. The number of hydrogen-bond donors (Lipinski definition) is 1. The van der Waals surface area contributed by atoms with Crippen molar-refractivity contribution in [3.63, 3.8) is 0 Å². The molecule has 0 saturated heterocycles. The van der Waals surface area contributed by atoms with E-state index in [1.807, 2.05) is 55.2 Å². The second-order valence-corrected chi connectivity index (χ2v) is 6.83. The minimum Gasteiger partial charge on any atom is -0.508 e. The Balaban J connectivity index is 1.65. The van der Waals surface area contributed by atoms with E-state index in [4.69, 9.17) is 0 Å². The van der Waals surface area contributed by atoms with Crippen LogP contribution in [0.4, 0.5) is 0 Å². The van der Waals surface area contributed by atoms with Crippen molar-refractivity contribution in [3.8, 4) is 28.3 Å². The van der Waals surface area contributed by atoms with E-state index < -0.39 is 0 Å². The third-order valence-corrected chi connectivity index (χ3v) is 4.74. The van der Waals surface area contributed by atoms with Crippen LogP contribution < -0.4 is 0 Å². The third kappa shape index (κ3) is 3.67. The fourth-order valence-electron chi connectivity index (χ4n) is 3.48. The van der Waals surface area contributed by atoms with Crippen molar-refractivity contribution in [1.82, 2.24) is 24.3 Å². The summed E-state index contributed by atoms with van der Waals surface area (Å²) >= 11 is 0. The van der Waals surface area contributed by atoms with Gasteiger partial charge in [-0.2, -0.15) is 5.10 Å². The number of aromatic hydroxyl groups is 1. The Morgan fingerprint density at radius 3 is 2.43 bits per heavy atom. The van der Waals surface area contributed by atoms with Crippen LogP contribution in [0.3, 0.4) is 0 Å². The molecule has 28 heavy (non-hydrogen) atoms. The summed E-state index contributed by atoms with van der Waals surface area (Å²) in [5.41, 5.74) is 3.93. The summed E-state index contributed by atoms with van der Waals surface area (Å²) in [5, 5.41) is 14.4. The molecule has 0 radical (unpaired) electrons. The topological polar surface area (TPSA) is 68.8 Å². The molecule has 0 aliphatic heterocycles. The van der Waals surface area contributed by atoms with E-state index >= 15 is 0 Å². The average molecular weight is 373 g/mol. The maximum absolute atomic E-state index is 9.97. The predicted molar refractivity (Wildman–Crippen MR) is 109 cm³/mol. The van der Waals surface area contributed by atoms with Crippen molar-refractivity contribution in [2.75, 3.05) is 0 Å². The first-order valence-corrected chi connectivity index (χ1v) is 9.40. The molecule has 0 aliphatic carbocycles. The molecule has 0 saturated carbocycles. The predicted octanol–water partition coefficient (Wildman–Crippen LogP) is 4.22. The van der Waals surface area contributed by atoms with Gasteiger partial charge in [-0.1, -0.05) is 42.5 Å². The van der Waals surface area contributed by atoms with Crippen LogP contribution in [0.25, 0.3) is 22.5 Å². The van der Waals surface area contributed by atoms with Gasteiger partial charge in [0.1, 0.15) is 17.4 Å². The summed E-state index contributed by atoms with van der Waals surface area (Å²) in [6, 6.07) is 17.5. The molecule has 0 spiro atoms. The molecular formula is C22H23N5O. The summed E-state index contributed by atoms with van der Waals surface area (Å²) in [7, 11) is 0. The van der Waals surface area contributed by atoms with Gasteiger partial charge in [-0.3, -0.25) is 4.68 Å². The lowest BCUT2D eigenvalue weighted by molar-refractivity contribution is 0.475. The monoisotopic (exact) mass is 373 g/mol. The fraction of sp³-hybridized carbons (Fsp3) is 0.227. The van der Waals surface area contributed by atoms with E-state index in [1.54, 1.807) is 12.1 Å². The molecule has 2 aromatic heterocycles. The van der Waals surface area contributed by atoms with Crippen molar-refractivity contribution in [3.05, 3.63) is 72.6 Å². The molecule has 142 valence electrons. The average Bonchev–Trinajstić information content (AvgIpc) is 3.25. The van der Waals surface area contributed by atoms with Crippen molar-refractivity contribution < 1.29 is 5.11 Å². The minimum absolute atomic E-state index is 0.248. The normalized spacial score (nSPS) is 11.1. The van der Waals surface area contributed by atoms with Gasteiger partial charge in [0.05, 0.1) is 17.7 Å². The lowest BCUT2D eigenvalue weighted by Crippen LogP contribution is -2.07. The van der Waals surface area contributed by atoms with Crippen LogP contribution in [0.2, 0.25) is 0 Å². The number of imidazole rings is 1. The molecule has 6 nitrogen and oxygen atoms in total. The van der Waals surface area contributed by atoms with E-state index in [0.717, 1.165) is 53.7 Å². The molecule has 4 rings (SSSR count). The van der Waals surface area contributed by atoms with Gasteiger partial charge in [0.15, 0.2) is 0 Å². The van der Waals surface area contributed by atoms with Crippen molar-refractivity contribution in [1.29, 1.82) is 0 Å². The van der Waals surface area contributed by atoms with Gasteiger partial charge in [0, 0.05) is 24.2 Å². The van der Waals surface area contributed by atoms with Gasteiger partial charge < -0.3 is 9.67 Å². The summed E-state index contributed by atoms with van der Waals surface area (Å²) < 4.78 is 4.09. The Kier molecular flexibility index (Phi) is 4.93. The molecule has 2 heterocycles. The number of aromatic nitrogens is 5. The summed E-state index contributed by atoms with van der Waals surface area (Å²) in [4.78, 5) is 9.05. The summed E-state index contributed by atoms with van der Waals surface area (Å²) in [6.07, 6.45) is 2.78. The number of nitrogens with zero attached hydrogens (tertiary/aromatic N) is 5. The van der Waals surface area contributed by atoms with Gasteiger partial charge in [0.2, 0.25) is 0 Å². The highest BCUT2D eigenvalue weighted by molar-refractivity contribution is 5.79. The Labute approximate surface area is 164 Å². The lowest BCUT2D eigenvalue weighted by Gasteiger charge is -2.11. The first-order valence-electron chi connectivity index (χ1n) is 9.40. The van der Waals surface area contributed by atoms with Crippen LogP contribution in [0, 0.1) is 13.8 Å². The summed E-state index contributed by atoms with van der Waals surface area (Å²) in [5.74, 6) is 1.98. The Bertz CT molecular complexity index is 1080. The fourth-order valence-corrected chi connectivity index (χ4v) is 3.48. The molecule has 6 heteroatoms. The molecule has 0 amide bonds. The van der Waals surface area contributed by atoms with Gasteiger partial charge in [-0.05, 0) is 32.4 Å². The SMILES string of the molecule is Cc1nc(C)n(CCCn2cnc(-c3ccccc3)c2-c2cccc(O)c2)n1. The maximum Gasteiger partial charge on any atom is 0.147 e. The maximum atomic E-state index is 9.97. The molecule has 2 aromatic carbocycles. The summed E-state index contributed by atoms with van der Waals surface area (Å²) in [6.45, 7) is 5.47. The number of rotatable bonds is 6. The molecule has 0 atom stereocenters. The number of phenolic OH excluding ortho intramolecular Hbond substituents is 1. The van der Waals surface area contributed by atoms with Crippen molar-refractivity contribution in [2.45, 2.75) is 33.4 Å². The van der Waals surface area contributed by atoms with Crippen molar-refractivity contribution in [2.24, 2.45) is 0 Å². The molecule has 0 unspecified atom stereocenters. The standard InChI is InChI=1S/C22H23N5O/c1-16-24-17(2)27(25-16)13-7-12-26-15-23-21(18-8-4-3-5-9-18)22(26)19-10-6-11-20(28)14-19/h3-6,8-11,14-15,28H,7,12-13H2,1-2H3. The van der Waals surface area contributed by atoms with Crippen LogP contribution in [0.5, 0.6) is 5.75 Å². The molecule has 0 fully saturated rings. The smallest absolute Gasteiger partial charge is 0.147 e. The van der Waals surface area contributed by atoms with Crippen LogP contribution in [0.15, 0.2) is 60.9 Å². The van der Waals surface area contributed by atoms with Gasteiger partial charge in [-0.15, -0.1) is 0 Å². The van der Waals surface area contributed by atoms with E-state index in [0.29, 0.717) is 0 Å². The minimum atomic E-state index is 0.248. The Morgan fingerprint density at radius 2 is 1.71 bits per heavy atom. The van der Waals surface area contributed by atoms with E-state index in [9.17, 15) is 5.11 Å². The highest BCUT2D eigenvalue weighted by Crippen LogP contribution is 2.32. The number of hydrogen-bond acceptors (Lipinski definition) is 4. The van der Waals surface area contributed by atoms with Gasteiger partial charge in [-0.25, -0.2) is 9.97 Å².